The van der Waals surface area contributed by atoms with Crippen LogP contribution in [0, 0.1) is 5.92 Å². The van der Waals surface area contributed by atoms with Crippen LogP contribution >= 0.6 is 0 Å². The zero-order valence-corrected chi connectivity index (χ0v) is 70.5. The third-order valence-electron chi connectivity index (χ3n) is 19.3. The number of nitrogens with one attached hydrogen (secondary N) is 1. The van der Waals surface area contributed by atoms with E-state index >= 15 is 0 Å². The van der Waals surface area contributed by atoms with Gasteiger partial charge in [0.05, 0.1) is 141 Å². The molecule has 5 fully saturated rings. The van der Waals surface area contributed by atoms with E-state index in [1.165, 1.54) is 48.8 Å². The fraction of sp³-hybridized carbons (Fsp3) is 0.500. The second-order valence-electron chi connectivity index (χ2n) is 28.3. The van der Waals surface area contributed by atoms with Crippen molar-refractivity contribution in [3.63, 3.8) is 0 Å². The van der Waals surface area contributed by atoms with Gasteiger partial charge in [0.15, 0.2) is 24.1 Å². The molecule has 0 aliphatic carbocycles. The normalized spacial score (nSPS) is 23.8. The summed E-state index contributed by atoms with van der Waals surface area (Å²) in [7, 11) is 2.67. The zero-order chi connectivity index (χ0) is 85.7. The van der Waals surface area contributed by atoms with Crippen LogP contribution in [0.15, 0.2) is 192 Å². The van der Waals surface area contributed by atoms with E-state index in [0.29, 0.717) is 64.5 Å². The molecule has 5 saturated heterocycles. The highest BCUT2D eigenvalue weighted by atomic mass is 16.6. The summed E-state index contributed by atoms with van der Waals surface area (Å²) in [6.07, 6.45) is -3.22. The van der Waals surface area contributed by atoms with E-state index in [4.69, 9.17) is 86.9 Å². The average Bonchev–Trinajstić information content (AvgIpc) is 0.745. The Labute approximate surface area is 722 Å². The van der Waals surface area contributed by atoms with Crippen LogP contribution in [-0.4, -0.2) is 234 Å². The topological polar surface area (TPSA) is 529 Å². The number of nitrogens with zero attached hydrogens (tertiary/aromatic N) is 6. The Morgan fingerprint density at radius 2 is 0.774 bits per heavy atom. The van der Waals surface area contributed by atoms with Gasteiger partial charge in [-0.3, -0.25) is 28.8 Å². The van der Waals surface area contributed by atoms with Gasteiger partial charge in [-0.2, -0.15) is 0 Å². The molecule has 11 rings (SSSR count). The van der Waals surface area contributed by atoms with Gasteiger partial charge in [0.2, 0.25) is 0 Å². The molecule has 0 saturated carbocycles. The number of hydrogen-bond donors (Lipinski definition) is 1. The second-order valence-corrected chi connectivity index (χ2v) is 28.3. The van der Waals surface area contributed by atoms with Crippen molar-refractivity contribution in [2.75, 3.05) is 67.0 Å². The van der Waals surface area contributed by atoms with E-state index in [1.54, 1.807) is 0 Å². The first-order valence-corrected chi connectivity index (χ1v) is 39.2. The fourth-order valence-electron chi connectivity index (χ4n) is 13.2. The lowest BCUT2D eigenvalue weighted by atomic mass is 9.90. The number of ether oxygens (including phenoxy) is 17. The summed E-state index contributed by atoms with van der Waals surface area (Å²) in [5.74, 6) is -2.81. The van der Waals surface area contributed by atoms with Crippen molar-refractivity contribution in [1.82, 2.24) is 5.32 Å². The summed E-state index contributed by atoms with van der Waals surface area (Å²) < 4.78 is 93.1. The summed E-state index contributed by atoms with van der Waals surface area (Å²) in [4.78, 5) is 96.5. The number of carbonyl (C=O) groups excluding carboxylic acids is 8. The minimum atomic E-state index is -0.697. The Morgan fingerprint density at radius 3 is 1.20 bits per heavy atom. The number of azide groups is 2. The van der Waals surface area contributed by atoms with Gasteiger partial charge in [-0.1, -0.05) is 207 Å². The number of benzene rings is 6. The maximum absolute atomic E-state index is 12.5. The SMILES string of the molecule is C.CC(=O)OCC1CC(OC(C)=O)C(N=[N+]=[N-])CO1.CC(=O)OCC1CC(OCc2ccccc2)C(NCC(=O)c2ccccc2)[C@@H](C)O1.CC(=O)OCC1OCC(N=[N+]=[N-])C(OCc2ccccc2)[C@@H]1C.COC(=O)C1CC(OCc2ccccc2)C(OC(C)=O)CO1.COC(=O)C1CC(OCc2ccccc2)C(OCc2ccccc2)CO1.O.O.O.O. The largest absolute Gasteiger partial charge is 0.467 e. The molecular formula is C88H121N7O29. The summed E-state index contributed by atoms with van der Waals surface area (Å²) in [6, 6.07) is 57.4. The highest BCUT2D eigenvalue weighted by Crippen LogP contribution is 2.30. The van der Waals surface area contributed by atoms with E-state index in [-0.39, 0.29) is 166 Å². The Morgan fingerprint density at radius 1 is 0.411 bits per heavy atom. The Bertz CT molecular complexity index is 4130. The van der Waals surface area contributed by atoms with Crippen molar-refractivity contribution in [2.24, 2.45) is 16.1 Å². The molecule has 682 valence electrons. The van der Waals surface area contributed by atoms with E-state index < -0.39 is 66.5 Å². The van der Waals surface area contributed by atoms with Crippen LogP contribution in [0.1, 0.15) is 120 Å². The van der Waals surface area contributed by atoms with Crippen LogP contribution in [0.5, 0.6) is 0 Å². The van der Waals surface area contributed by atoms with E-state index in [9.17, 15) is 38.4 Å². The van der Waals surface area contributed by atoms with Crippen LogP contribution in [0.3, 0.4) is 0 Å². The van der Waals surface area contributed by atoms with Gasteiger partial charge >= 0.3 is 41.8 Å². The lowest BCUT2D eigenvalue weighted by molar-refractivity contribution is -0.192. The van der Waals surface area contributed by atoms with Crippen molar-refractivity contribution < 1.29 is 141 Å². The number of rotatable bonds is 31. The smallest absolute Gasteiger partial charge is 0.335 e. The number of ketones is 1. The van der Waals surface area contributed by atoms with Crippen LogP contribution in [0.25, 0.3) is 20.9 Å². The monoisotopic (exact) mass is 1740 g/mol. The lowest BCUT2D eigenvalue weighted by Gasteiger charge is -2.40. The number of hydrogen-bond acceptors (Lipinski definition) is 28. The quantitative estimate of drug-likeness (QED) is 0.0106. The molecule has 17 atom stereocenters. The molecule has 124 heavy (non-hydrogen) atoms. The van der Waals surface area contributed by atoms with Gasteiger partial charge in [0.25, 0.3) is 0 Å². The Kier molecular flexibility index (Phi) is 53.6. The molecule has 0 amide bonds. The van der Waals surface area contributed by atoms with E-state index in [1.807, 2.05) is 196 Å². The highest BCUT2D eigenvalue weighted by Gasteiger charge is 2.42. The van der Waals surface area contributed by atoms with Crippen LogP contribution in [0.2, 0.25) is 0 Å². The van der Waals surface area contributed by atoms with Gasteiger partial charge < -0.3 is 108 Å². The van der Waals surface area contributed by atoms with Gasteiger partial charge in [-0.05, 0) is 45.8 Å². The molecule has 6 aromatic rings. The Balaban J connectivity index is 0.000000525. The standard InChI is InChI=1S/C24H29NO5.C21H24O5.C16H21N3O4.C16H20O6.C10H15N3O5.CH4.4H2O/c1-17-24(25-14-22(27)20-11-7-4-8-12-20)23(13-21(30-17)16-28-18(2)26)29-15-19-9-5-3-6-10-19;1-23-21(22)19-12-18(24-13-16-8-4-2-5-9-16)20(15-26-19)25-14-17-10-6-3-7-11-17;1-11-15(10-21-12(2)20)22-9-14(18-19-17)16(11)23-8-13-6-4-3-5-7-13;1-11(17)22-15-10-21-14(16(18)19-2)8-13(15)20-9-12-6-4-3-5-7-12;1-6(14)16-4-8-3-10(18-7(2)15)9(5-17-8)12-13-11;;;;;/h3-12,17,21,23-25H,13-16H2,1-2H3;2-11,18-20H,12-15H2,1H3;3-7,11,14-16H,8-10H2,1-2H3;3-7,13-15H,8-10H2,1-2H3;8-10H,3-5H2,1-2H3;1H4;4*1H2/t17-,21?,23?,24?;;11-,14?,15?,16?;;;;;;;/m1.1......./s1. The number of esters is 7. The van der Waals surface area contributed by atoms with Crippen molar-refractivity contribution in [3.8, 4) is 0 Å². The predicted molar refractivity (Wildman–Crippen MR) is 451 cm³/mol. The van der Waals surface area contributed by atoms with Gasteiger partial charge in [0.1, 0.15) is 38.1 Å². The second kappa shape index (κ2) is 60.8. The van der Waals surface area contributed by atoms with Crippen molar-refractivity contribution in [2.45, 2.75) is 212 Å². The van der Waals surface area contributed by atoms with Crippen molar-refractivity contribution in [1.29, 1.82) is 0 Å². The lowest BCUT2D eigenvalue weighted by Crippen LogP contribution is -2.57. The van der Waals surface area contributed by atoms with Gasteiger partial charge in [-0.25, -0.2) is 9.59 Å². The molecule has 36 heteroatoms. The molecular weight excluding hydrogens is 1620 g/mol. The molecule has 9 N–H and O–H groups in total. The molecule has 5 heterocycles. The van der Waals surface area contributed by atoms with E-state index in [0.717, 1.165) is 27.8 Å². The molecule has 0 bridgehead atoms. The van der Waals surface area contributed by atoms with Crippen LogP contribution in [0.4, 0.5) is 0 Å². The molecule has 5 aliphatic heterocycles. The highest BCUT2D eigenvalue weighted by molar-refractivity contribution is 5.97. The zero-order valence-electron chi connectivity index (χ0n) is 70.5. The first-order valence-electron chi connectivity index (χ1n) is 39.2. The summed E-state index contributed by atoms with van der Waals surface area (Å²) >= 11 is 0. The number of methoxy groups -OCH3 is 2. The maximum atomic E-state index is 12.5. The summed E-state index contributed by atoms with van der Waals surface area (Å²) in [5.41, 5.74) is 23.1. The fourth-order valence-corrected chi connectivity index (χ4v) is 13.2. The molecule has 5 aliphatic rings. The molecule has 15 unspecified atom stereocenters. The molecule has 0 aromatic heterocycles. The van der Waals surface area contributed by atoms with Crippen LogP contribution in [-0.2, 0) is 147 Å². The predicted octanol–water partition coefficient (Wildman–Crippen LogP) is 8.87. The molecule has 0 radical (unpaired) electrons. The molecule has 0 spiro atoms. The molecule has 6 aromatic carbocycles. The number of carbonyl (C=O) groups is 8. The van der Waals surface area contributed by atoms with Gasteiger partial charge in [-0.15, -0.1) is 0 Å². The maximum Gasteiger partial charge on any atom is 0.335 e. The summed E-state index contributed by atoms with van der Waals surface area (Å²) in [5, 5.41) is 10.6. The minimum absolute atomic E-state index is 0. The third-order valence-corrected chi connectivity index (χ3v) is 19.3. The third kappa shape index (κ3) is 39.9. The Hall–Kier alpha value is -10.7. The van der Waals surface area contributed by atoms with Crippen molar-refractivity contribution in [3.05, 3.63) is 236 Å². The first kappa shape index (κ1) is 109. The van der Waals surface area contributed by atoms with E-state index in [2.05, 4.69) is 30.1 Å². The summed E-state index contributed by atoms with van der Waals surface area (Å²) in [6.45, 7) is 14.2. The molecule has 36 nitrogen and oxygen atoms in total. The first-order chi connectivity index (χ1) is 57.5. The van der Waals surface area contributed by atoms with Crippen molar-refractivity contribution >= 4 is 47.6 Å². The average molecular weight is 1740 g/mol. The van der Waals surface area contributed by atoms with Gasteiger partial charge in [0, 0.05) is 81.6 Å². The number of Topliss-reactive ketones (excluding diaryl/α,β-unsaturated/α-hetero) is 1. The van der Waals surface area contributed by atoms with Crippen LogP contribution < -0.4 is 5.32 Å². The minimum Gasteiger partial charge on any atom is -0.467 e.